The van der Waals surface area contributed by atoms with Crippen LogP contribution < -0.4 is 0 Å². The average molecular weight is 346 g/mol. The fourth-order valence-electron chi connectivity index (χ4n) is 2.19. The van der Waals surface area contributed by atoms with E-state index in [0.717, 1.165) is 0 Å². The Hall–Kier alpha value is -1.70. The van der Waals surface area contributed by atoms with Gasteiger partial charge in [-0.15, -0.1) is 0 Å². The predicted octanol–water partition coefficient (Wildman–Crippen LogP) is 2.74. The van der Waals surface area contributed by atoms with Gasteiger partial charge in [0.2, 0.25) is 0 Å². The number of halogens is 2. The predicted molar refractivity (Wildman–Crippen MR) is 87.9 cm³/mol. The molecule has 6 nitrogen and oxygen atoms in total. The van der Waals surface area contributed by atoms with Gasteiger partial charge in [-0.1, -0.05) is 0 Å². The summed E-state index contributed by atoms with van der Waals surface area (Å²) in [6.07, 6.45) is -1.15. The molecule has 0 bridgehead atoms. The zero-order valence-electron chi connectivity index (χ0n) is 15.3. The van der Waals surface area contributed by atoms with Gasteiger partial charge in [0.25, 0.3) is 6.43 Å². The Kier molecular flexibility index (Phi) is 7.13. The van der Waals surface area contributed by atoms with Crippen LogP contribution in [0.3, 0.4) is 0 Å². The van der Waals surface area contributed by atoms with Crippen LogP contribution >= 0.6 is 0 Å². The lowest BCUT2D eigenvalue weighted by atomic mass is 10.2. The van der Waals surface area contributed by atoms with E-state index in [4.69, 9.17) is 4.74 Å². The van der Waals surface area contributed by atoms with Crippen LogP contribution in [0.2, 0.25) is 0 Å². The molecular weight excluding hydrogens is 318 g/mol. The molecule has 0 fully saturated rings. The number of likely N-dealkylation sites (N-methyl/N-ethyl adjacent to an activating group) is 1. The summed E-state index contributed by atoms with van der Waals surface area (Å²) < 4.78 is 32.6. The summed E-state index contributed by atoms with van der Waals surface area (Å²) in [6.45, 7) is 7.40. The van der Waals surface area contributed by atoms with Crippen LogP contribution in [0, 0.1) is 0 Å². The summed E-state index contributed by atoms with van der Waals surface area (Å²) in [7, 11) is 3.39. The number of hydrogen-bond donors (Lipinski definition) is 0. The van der Waals surface area contributed by atoms with Gasteiger partial charge >= 0.3 is 6.09 Å². The van der Waals surface area contributed by atoms with Crippen LogP contribution in [-0.4, -0.2) is 63.9 Å². The van der Waals surface area contributed by atoms with Crippen molar-refractivity contribution in [2.75, 3.05) is 20.1 Å². The van der Waals surface area contributed by atoms with Gasteiger partial charge in [0.15, 0.2) is 0 Å². The van der Waals surface area contributed by atoms with Crippen LogP contribution in [0.4, 0.5) is 13.6 Å². The van der Waals surface area contributed by atoms with E-state index in [1.807, 2.05) is 0 Å². The lowest BCUT2D eigenvalue weighted by molar-refractivity contribution is 0.0169. The molecule has 1 aromatic heterocycles. The number of nitrogens with zero attached hydrogens (tertiary/aromatic N) is 4. The Morgan fingerprint density at radius 3 is 2.46 bits per heavy atom. The highest BCUT2D eigenvalue weighted by Crippen LogP contribution is 2.13. The lowest BCUT2D eigenvalue weighted by Gasteiger charge is -2.32. The van der Waals surface area contributed by atoms with Crippen molar-refractivity contribution >= 4 is 6.09 Å². The number of carbonyl (C=O) groups is 1. The van der Waals surface area contributed by atoms with Gasteiger partial charge in [-0.05, 0) is 33.8 Å². The molecule has 0 unspecified atom stereocenters. The number of aromatic nitrogens is 2. The summed E-state index contributed by atoms with van der Waals surface area (Å²) in [4.78, 5) is 15.1. The monoisotopic (exact) mass is 346 g/mol. The minimum absolute atomic E-state index is 0.276. The van der Waals surface area contributed by atoms with Crippen molar-refractivity contribution in [2.24, 2.45) is 7.05 Å². The molecule has 1 aromatic rings. The van der Waals surface area contributed by atoms with Gasteiger partial charge < -0.3 is 9.64 Å². The largest absolute Gasteiger partial charge is 0.444 e. The van der Waals surface area contributed by atoms with Crippen LogP contribution in [0.5, 0.6) is 0 Å². The first-order chi connectivity index (χ1) is 11.0. The third kappa shape index (κ3) is 7.25. The molecule has 1 amide bonds. The quantitative estimate of drug-likeness (QED) is 0.762. The summed E-state index contributed by atoms with van der Waals surface area (Å²) in [5, 5.41) is 4.22. The summed E-state index contributed by atoms with van der Waals surface area (Å²) in [5.41, 5.74) is 0.118. The minimum atomic E-state index is -2.45. The van der Waals surface area contributed by atoms with E-state index in [1.54, 1.807) is 63.6 Å². The van der Waals surface area contributed by atoms with E-state index in [0.29, 0.717) is 18.8 Å². The molecule has 0 aromatic carbocycles. The maximum atomic E-state index is 12.9. The molecule has 0 aliphatic carbocycles. The van der Waals surface area contributed by atoms with Crippen LogP contribution in [0.1, 0.15) is 33.4 Å². The van der Waals surface area contributed by atoms with Gasteiger partial charge in [0.1, 0.15) is 5.60 Å². The normalized spacial score (nSPS) is 13.4. The summed E-state index contributed by atoms with van der Waals surface area (Å²) in [5.74, 6) is 0. The number of alkyl halides is 2. The van der Waals surface area contributed by atoms with E-state index in [9.17, 15) is 13.6 Å². The third-order valence-corrected chi connectivity index (χ3v) is 3.42. The Balaban J connectivity index is 2.68. The zero-order valence-corrected chi connectivity index (χ0v) is 15.3. The second kappa shape index (κ2) is 8.41. The third-order valence-electron chi connectivity index (χ3n) is 3.42. The molecule has 1 atom stereocenters. The first-order valence-electron chi connectivity index (χ1n) is 7.92. The van der Waals surface area contributed by atoms with E-state index in [2.05, 4.69) is 5.10 Å². The van der Waals surface area contributed by atoms with E-state index < -0.39 is 18.1 Å². The van der Waals surface area contributed by atoms with Gasteiger partial charge in [-0.3, -0.25) is 9.58 Å². The number of rotatable bonds is 7. The molecule has 0 saturated heterocycles. The second-order valence-corrected chi connectivity index (χ2v) is 7.01. The van der Waals surface area contributed by atoms with E-state index in [-0.39, 0.29) is 12.6 Å². The molecule has 1 heterocycles. The molecule has 0 aliphatic heterocycles. The molecule has 1 rings (SSSR count). The van der Waals surface area contributed by atoms with Crippen molar-refractivity contribution in [2.45, 2.75) is 52.3 Å². The van der Waals surface area contributed by atoms with Crippen molar-refractivity contribution in [1.82, 2.24) is 19.6 Å². The molecule has 0 saturated carbocycles. The molecule has 0 spiro atoms. The second-order valence-electron chi connectivity index (χ2n) is 7.01. The van der Waals surface area contributed by atoms with Crippen LogP contribution in [0.25, 0.3) is 0 Å². The molecular formula is C16H28F2N4O2. The molecule has 8 heteroatoms. The lowest BCUT2D eigenvalue weighted by Crippen LogP contribution is -2.46. The number of aryl methyl sites for hydroxylation is 1. The van der Waals surface area contributed by atoms with Crippen molar-refractivity contribution in [3.05, 3.63) is 18.0 Å². The topological polar surface area (TPSA) is 50.6 Å². The van der Waals surface area contributed by atoms with Gasteiger partial charge in [0, 0.05) is 39.4 Å². The smallest absolute Gasteiger partial charge is 0.410 e. The Morgan fingerprint density at radius 1 is 1.38 bits per heavy atom. The molecule has 24 heavy (non-hydrogen) atoms. The van der Waals surface area contributed by atoms with Crippen molar-refractivity contribution in [3.8, 4) is 0 Å². The molecule has 0 radical (unpaired) electrons. The maximum Gasteiger partial charge on any atom is 0.410 e. The van der Waals surface area contributed by atoms with Crippen LogP contribution in [-0.2, 0) is 18.3 Å². The Labute approximate surface area is 142 Å². The molecule has 0 aliphatic rings. The Bertz CT molecular complexity index is 528. The van der Waals surface area contributed by atoms with Crippen molar-refractivity contribution < 1.29 is 18.3 Å². The first-order valence-corrected chi connectivity index (χ1v) is 7.92. The fourth-order valence-corrected chi connectivity index (χ4v) is 2.19. The van der Waals surface area contributed by atoms with Crippen molar-refractivity contribution in [1.29, 1.82) is 0 Å². The Morgan fingerprint density at radius 2 is 2.00 bits per heavy atom. The van der Waals surface area contributed by atoms with Crippen molar-refractivity contribution in [3.63, 3.8) is 0 Å². The standard InChI is InChI=1S/C16H28F2N4O2/c1-12(21(6)15(23)24-16(2,3)4)9-22(11-14(17)18)10-13-7-8-20(5)19-13/h7-8,12,14H,9-11H2,1-6H3/t12-/m1/s1. The SMILES string of the molecule is C[C@H](CN(Cc1ccn(C)n1)CC(F)F)N(C)C(=O)OC(C)(C)C. The highest BCUT2D eigenvalue weighted by atomic mass is 19.3. The van der Waals surface area contributed by atoms with Crippen LogP contribution in [0.15, 0.2) is 12.3 Å². The minimum Gasteiger partial charge on any atom is -0.444 e. The highest BCUT2D eigenvalue weighted by molar-refractivity contribution is 5.68. The highest BCUT2D eigenvalue weighted by Gasteiger charge is 2.25. The average Bonchev–Trinajstić information content (AvgIpc) is 2.80. The number of hydrogen-bond acceptors (Lipinski definition) is 4. The number of carbonyl (C=O) groups excluding carboxylic acids is 1. The van der Waals surface area contributed by atoms with Gasteiger partial charge in [-0.2, -0.15) is 5.10 Å². The van der Waals surface area contributed by atoms with E-state index >= 15 is 0 Å². The first kappa shape index (κ1) is 20.3. The number of amides is 1. The summed E-state index contributed by atoms with van der Waals surface area (Å²) >= 11 is 0. The summed E-state index contributed by atoms with van der Waals surface area (Å²) in [6, 6.07) is 1.52. The number of ether oxygens (including phenoxy) is 1. The zero-order chi connectivity index (χ0) is 18.5. The van der Waals surface area contributed by atoms with Gasteiger partial charge in [0.05, 0.1) is 12.2 Å². The molecule has 0 N–H and O–H groups in total. The maximum absolute atomic E-state index is 12.9. The van der Waals surface area contributed by atoms with E-state index in [1.165, 1.54) is 4.90 Å². The molecule has 138 valence electrons. The fraction of sp³-hybridized carbons (Fsp3) is 0.750. The van der Waals surface area contributed by atoms with Gasteiger partial charge in [-0.25, -0.2) is 13.6 Å².